The van der Waals surface area contributed by atoms with E-state index >= 15 is 0 Å². The number of aromatic nitrogens is 3. The average molecular weight is 306 g/mol. The number of H-pyrrole nitrogens is 1. The summed E-state index contributed by atoms with van der Waals surface area (Å²) in [7, 11) is 0. The number of benzene rings is 2. The van der Waals surface area contributed by atoms with Gasteiger partial charge in [0.15, 0.2) is 10.6 Å². The van der Waals surface area contributed by atoms with Crippen molar-refractivity contribution in [1.29, 1.82) is 0 Å². The number of para-hydroxylation sites is 1. The Balaban J connectivity index is 2.30. The Kier molecular flexibility index (Phi) is 3.38. The Morgan fingerprint density at radius 3 is 2.55 bits per heavy atom. The lowest BCUT2D eigenvalue weighted by molar-refractivity contribution is 0.629. The Morgan fingerprint density at radius 2 is 1.85 bits per heavy atom. The molecule has 0 radical (unpaired) electrons. The molecular weight excluding hydrogens is 297 g/mol. The van der Waals surface area contributed by atoms with Gasteiger partial charge in [-0.3, -0.25) is 9.67 Å². The van der Waals surface area contributed by atoms with Crippen LogP contribution in [0.1, 0.15) is 0 Å². The standard InChI is InChI=1S/C14H9ClFN3S/c15-10-7-4-8-11(16)12(10)13-17-18-14(20)19(13)9-5-2-1-3-6-9/h1-8H,(H,18,20). The largest absolute Gasteiger partial charge is 0.268 e. The molecule has 0 bridgehead atoms. The zero-order chi connectivity index (χ0) is 14.1. The summed E-state index contributed by atoms with van der Waals surface area (Å²) in [6.07, 6.45) is 0. The Bertz CT molecular complexity index is 791. The maximum absolute atomic E-state index is 14.1. The monoisotopic (exact) mass is 305 g/mol. The molecule has 100 valence electrons. The third-order valence-corrected chi connectivity index (χ3v) is 3.46. The molecule has 0 spiro atoms. The number of nitrogens with zero attached hydrogens (tertiary/aromatic N) is 2. The van der Waals surface area contributed by atoms with Crippen LogP contribution in [0.5, 0.6) is 0 Å². The Morgan fingerprint density at radius 1 is 1.10 bits per heavy atom. The molecule has 1 aromatic heterocycles. The van der Waals surface area contributed by atoms with Crippen LogP contribution < -0.4 is 0 Å². The highest BCUT2D eigenvalue weighted by molar-refractivity contribution is 7.71. The van der Waals surface area contributed by atoms with E-state index in [4.69, 9.17) is 23.8 Å². The van der Waals surface area contributed by atoms with E-state index in [1.807, 2.05) is 30.3 Å². The normalized spacial score (nSPS) is 10.7. The first-order valence-corrected chi connectivity index (χ1v) is 6.64. The van der Waals surface area contributed by atoms with Gasteiger partial charge in [0.25, 0.3) is 0 Å². The van der Waals surface area contributed by atoms with E-state index in [0.717, 1.165) is 5.69 Å². The molecule has 2 aromatic carbocycles. The molecule has 0 aliphatic carbocycles. The molecule has 0 aliphatic rings. The van der Waals surface area contributed by atoms with Crippen LogP contribution in [0.15, 0.2) is 48.5 Å². The van der Waals surface area contributed by atoms with Gasteiger partial charge in [0.1, 0.15) is 5.82 Å². The van der Waals surface area contributed by atoms with Crippen LogP contribution in [0, 0.1) is 10.6 Å². The number of aromatic amines is 1. The lowest BCUT2D eigenvalue weighted by Crippen LogP contribution is -1.99. The predicted molar refractivity (Wildman–Crippen MR) is 79.2 cm³/mol. The molecule has 0 fully saturated rings. The van der Waals surface area contributed by atoms with Crippen LogP contribution in [0.2, 0.25) is 5.02 Å². The summed E-state index contributed by atoms with van der Waals surface area (Å²) in [5.41, 5.74) is 1.02. The zero-order valence-electron chi connectivity index (χ0n) is 10.2. The highest BCUT2D eigenvalue weighted by atomic mass is 35.5. The highest BCUT2D eigenvalue weighted by Crippen LogP contribution is 2.30. The second-order valence-corrected chi connectivity index (χ2v) is 4.91. The third-order valence-electron chi connectivity index (χ3n) is 2.87. The SMILES string of the molecule is Fc1cccc(Cl)c1-c1n[nH]c(=S)n1-c1ccccc1. The smallest absolute Gasteiger partial charge is 0.200 e. The van der Waals surface area contributed by atoms with Crippen molar-refractivity contribution in [3.05, 3.63) is 64.1 Å². The zero-order valence-corrected chi connectivity index (χ0v) is 11.7. The number of nitrogens with one attached hydrogen (secondary N) is 1. The minimum absolute atomic E-state index is 0.227. The Hall–Kier alpha value is -1.98. The first-order chi connectivity index (χ1) is 9.68. The van der Waals surface area contributed by atoms with Crippen molar-refractivity contribution in [2.45, 2.75) is 0 Å². The molecule has 1 heterocycles. The molecule has 0 atom stereocenters. The number of halogens is 2. The first-order valence-electron chi connectivity index (χ1n) is 5.85. The summed E-state index contributed by atoms with van der Waals surface area (Å²) >= 11 is 11.3. The molecule has 0 aliphatic heterocycles. The average Bonchev–Trinajstić information content (AvgIpc) is 2.81. The van der Waals surface area contributed by atoms with Crippen molar-refractivity contribution in [3.8, 4) is 17.1 Å². The van der Waals surface area contributed by atoms with Crippen molar-refractivity contribution in [3.63, 3.8) is 0 Å². The van der Waals surface area contributed by atoms with Gasteiger partial charge in [-0.1, -0.05) is 35.9 Å². The van der Waals surface area contributed by atoms with Crippen molar-refractivity contribution < 1.29 is 4.39 Å². The number of hydrogen-bond donors (Lipinski definition) is 1. The summed E-state index contributed by atoms with van der Waals surface area (Å²) in [5.74, 6) is -0.0898. The predicted octanol–water partition coefficient (Wildman–Crippen LogP) is 4.39. The van der Waals surface area contributed by atoms with Crippen LogP contribution in [-0.4, -0.2) is 14.8 Å². The lowest BCUT2D eigenvalue weighted by Gasteiger charge is -2.08. The van der Waals surface area contributed by atoms with Crippen molar-refractivity contribution in [1.82, 2.24) is 14.8 Å². The van der Waals surface area contributed by atoms with E-state index in [0.29, 0.717) is 10.6 Å². The molecule has 3 nitrogen and oxygen atoms in total. The van der Waals surface area contributed by atoms with Gasteiger partial charge in [0, 0.05) is 5.69 Å². The maximum Gasteiger partial charge on any atom is 0.200 e. The number of hydrogen-bond acceptors (Lipinski definition) is 2. The van der Waals surface area contributed by atoms with E-state index in [1.165, 1.54) is 6.07 Å². The maximum atomic E-state index is 14.1. The van der Waals surface area contributed by atoms with E-state index in [-0.39, 0.29) is 10.6 Å². The molecule has 3 rings (SSSR count). The molecule has 0 saturated carbocycles. The molecule has 20 heavy (non-hydrogen) atoms. The summed E-state index contributed by atoms with van der Waals surface area (Å²) in [4.78, 5) is 0. The van der Waals surface area contributed by atoms with Gasteiger partial charge in [-0.2, -0.15) is 5.10 Å². The van der Waals surface area contributed by atoms with Gasteiger partial charge in [-0.15, -0.1) is 0 Å². The van der Waals surface area contributed by atoms with Crippen LogP contribution >= 0.6 is 23.8 Å². The van der Waals surface area contributed by atoms with E-state index in [9.17, 15) is 4.39 Å². The van der Waals surface area contributed by atoms with E-state index in [2.05, 4.69) is 10.2 Å². The minimum atomic E-state index is -0.441. The van der Waals surface area contributed by atoms with Crippen molar-refractivity contribution in [2.24, 2.45) is 0 Å². The lowest BCUT2D eigenvalue weighted by atomic mass is 10.2. The molecule has 0 saturated heterocycles. The van der Waals surface area contributed by atoms with E-state index in [1.54, 1.807) is 16.7 Å². The van der Waals surface area contributed by atoms with Gasteiger partial charge < -0.3 is 0 Å². The molecule has 6 heteroatoms. The summed E-state index contributed by atoms with van der Waals surface area (Å²) in [6, 6.07) is 13.9. The topological polar surface area (TPSA) is 33.6 Å². The van der Waals surface area contributed by atoms with Crippen LogP contribution in [-0.2, 0) is 0 Å². The quantitative estimate of drug-likeness (QED) is 0.712. The summed E-state index contributed by atoms with van der Waals surface area (Å²) in [6.45, 7) is 0. The fraction of sp³-hybridized carbons (Fsp3) is 0. The minimum Gasteiger partial charge on any atom is -0.268 e. The summed E-state index contributed by atoms with van der Waals surface area (Å²) in [5, 5.41) is 7.07. The van der Waals surface area contributed by atoms with Crippen molar-refractivity contribution >= 4 is 23.8 Å². The van der Waals surface area contributed by atoms with Crippen LogP contribution in [0.25, 0.3) is 17.1 Å². The molecule has 3 aromatic rings. The van der Waals surface area contributed by atoms with Gasteiger partial charge in [-0.25, -0.2) is 4.39 Å². The summed E-state index contributed by atoms with van der Waals surface area (Å²) < 4.78 is 16.1. The van der Waals surface area contributed by atoms with E-state index < -0.39 is 5.82 Å². The molecule has 1 N–H and O–H groups in total. The van der Waals surface area contributed by atoms with Crippen LogP contribution in [0.4, 0.5) is 4.39 Å². The van der Waals surface area contributed by atoms with Gasteiger partial charge >= 0.3 is 0 Å². The fourth-order valence-electron chi connectivity index (χ4n) is 1.99. The fourth-order valence-corrected chi connectivity index (χ4v) is 2.48. The van der Waals surface area contributed by atoms with Gasteiger partial charge in [0.2, 0.25) is 0 Å². The third kappa shape index (κ3) is 2.15. The number of rotatable bonds is 2. The van der Waals surface area contributed by atoms with Gasteiger partial charge in [0.05, 0.1) is 10.6 Å². The molecule has 0 amide bonds. The second-order valence-electron chi connectivity index (χ2n) is 4.12. The molecule has 0 unspecified atom stereocenters. The highest BCUT2D eigenvalue weighted by Gasteiger charge is 2.17. The Labute approximate surface area is 124 Å². The van der Waals surface area contributed by atoms with Gasteiger partial charge in [-0.05, 0) is 36.5 Å². The second kappa shape index (κ2) is 5.19. The first kappa shape index (κ1) is 13.0. The van der Waals surface area contributed by atoms with Crippen LogP contribution in [0.3, 0.4) is 0 Å². The molecular formula is C14H9ClFN3S. The van der Waals surface area contributed by atoms with Crippen molar-refractivity contribution in [2.75, 3.05) is 0 Å².